The number of nitrogens with zero attached hydrogens (tertiary/aromatic N) is 3. The SMILES string of the molecule is CCN1Cc2cc(-c3ccc(CN4C(=O)N(C)C(=O)C4(C)C)cc3)ccc2C1=O. The second kappa shape index (κ2) is 6.72. The lowest BCUT2D eigenvalue weighted by Gasteiger charge is -2.27. The molecule has 0 aliphatic carbocycles. The summed E-state index contributed by atoms with van der Waals surface area (Å²) in [5.74, 6) is -0.0882. The first-order valence-electron chi connectivity index (χ1n) is 9.85. The van der Waals surface area contributed by atoms with E-state index in [4.69, 9.17) is 0 Å². The minimum atomic E-state index is -0.845. The minimum absolute atomic E-state index is 0.0989. The van der Waals surface area contributed by atoms with Gasteiger partial charge in [0, 0.05) is 32.2 Å². The fourth-order valence-electron chi connectivity index (χ4n) is 4.10. The van der Waals surface area contributed by atoms with Crippen LogP contribution in [0.2, 0.25) is 0 Å². The van der Waals surface area contributed by atoms with Gasteiger partial charge in [0.1, 0.15) is 5.54 Å². The van der Waals surface area contributed by atoms with E-state index in [0.29, 0.717) is 19.6 Å². The normalized spacial score (nSPS) is 18.1. The van der Waals surface area contributed by atoms with E-state index in [9.17, 15) is 14.4 Å². The summed E-state index contributed by atoms with van der Waals surface area (Å²) < 4.78 is 0. The van der Waals surface area contributed by atoms with E-state index in [-0.39, 0.29) is 17.8 Å². The number of likely N-dealkylation sites (N-methyl/N-ethyl adjacent to an activating group) is 1. The van der Waals surface area contributed by atoms with Crippen LogP contribution in [0.5, 0.6) is 0 Å². The first-order valence-corrected chi connectivity index (χ1v) is 9.85. The van der Waals surface area contributed by atoms with Crippen molar-refractivity contribution in [2.45, 2.75) is 39.4 Å². The molecule has 0 aromatic heterocycles. The van der Waals surface area contributed by atoms with Crippen LogP contribution in [0.1, 0.15) is 42.3 Å². The fourth-order valence-corrected chi connectivity index (χ4v) is 4.10. The Morgan fingerprint density at radius 1 is 0.966 bits per heavy atom. The molecule has 1 fully saturated rings. The summed E-state index contributed by atoms with van der Waals surface area (Å²) in [6.07, 6.45) is 0. The van der Waals surface area contributed by atoms with Crippen LogP contribution in [0.25, 0.3) is 11.1 Å². The first-order chi connectivity index (χ1) is 13.7. The van der Waals surface area contributed by atoms with E-state index in [1.807, 2.05) is 48.2 Å². The van der Waals surface area contributed by atoms with Crippen molar-refractivity contribution < 1.29 is 14.4 Å². The molecule has 4 rings (SSSR count). The molecule has 2 heterocycles. The van der Waals surface area contributed by atoms with Gasteiger partial charge in [0.2, 0.25) is 0 Å². The summed E-state index contributed by atoms with van der Waals surface area (Å²) in [4.78, 5) is 41.6. The highest BCUT2D eigenvalue weighted by Gasteiger charge is 2.49. The number of amides is 4. The smallest absolute Gasteiger partial charge is 0.327 e. The molecule has 2 aromatic rings. The van der Waals surface area contributed by atoms with E-state index < -0.39 is 5.54 Å². The number of hydrogen-bond donors (Lipinski definition) is 0. The van der Waals surface area contributed by atoms with Gasteiger partial charge in [0.15, 0.2) is 0 Å². The van der Waals surface area contributed by atoms with Gasteiger partial charge >= 0.3 is 6.03 Å². The minimum Gasteiger partial charge on any atom is -0.335 e. The Labute approximate surface area is 170 Å². The van der Waals surface area contributed by atoms with Crippen molar-refractivity contribution in [1.82, 2.24) is 14.7 Å². The number of benzene rings is 2. The number of rotatable bonds is 4. The molecule has 0 spiro atoms. The topological polar surface area (TPSA) is 60.9 Å². The van der Waals surface area contributed by atoms with Crippen LogP contribution in [-0.4, -0.2) is 51.7 Å². The van der Waals surface area contributed by atoms with Gasteiger partial charge in [-0.25, -0.2) is 4.79 Å². The van der Waals surface area contributed by atoms with Gasteiger partial charge in [-0.15, -0.1) is 0 Å². The van der Waals surface area contributed by atoms with E-state index in [1.54, 1.807) is 18.7 Å². The molecule has 1 saturated heterocycles. The predicted molar refractivity (Wildman–Crippen MR) is 110 cm³/mol. The molecule has 0 saturated carbocycles. The van der Waals surface area contributed by atoms with Crippen molar-refractivity contribution in [2.75, 3.05) is 13.6 Å². The third-order valence-electron chi connectivity index (χ3n) is 6.01. The zero-order chi connectivity index (χ0) is 20.9. The van der Waals surface area contributed by atoms with Gasteiger partial charge in [-0.1, -0.05) is 30.3 Å². The monoisotopic (exact) mass is 391 g/mol. The second-order valence-corrected chi connectivity index (χ2v) is 8.18. The lowest BCUT2D eigenvalue weighted by molar-refractivity contribution is -0.131. The van der Waals surface area contributed by atoms with E-state index in [0.717, 1.165) is 27.8 Å². The fraction of sp³-hybridized carbons (Fsp3) is 0.348. The standard InChI is InChI=1S/C23H25N3O3/c1-5-25-14-18-12-17(10-11-19(18)20(25)27)16-8-6-15(7-9-16)13-26-22(29)24(4)21(28)23(26,2)3/h6-12H,5,13-14H2,1-4H3. The van der Waals surface area contributed by atoms with Crippen LogP contribution in [0, 0.1) is 0 Å². The first kappa shape index (κ1) is 19.2. The summed E-state index contributed by atoms with van der Waals surface area (Å²) in [6, 6.07) is 13.7. The lowest BCUT2D eigenvalue weighted by Crippen LogP contribution is -2.43. The van der Waals surface area contributed by atoms with E-state index in [1.165, 1.54) is 11.9 Å². The van der Waals surface area contributed by atoms with Crippen LogP contribution in [-0.2, 0) is 17.9 Å². The van der Waals surface area contributed by atoms with Crippen LogP contribution in [0.15, 0.2) is 42.5 Å². The number of carbonyl (C=O) groups excluding carboxylic acids is 3. The summed E-state index contributed by atoms with van der Waals surface area (Å²) in [5, 5.41) is 0. The molecule has 0 N–H and O–H groups in total. The van der Waals surface area contributed by atoms with Gasteiger partial charge < -0.3 is 9.80 Å². The summed E-state index contributed by atoms with van der Waals surface area (Å²) >= 11 is 0. The molecule has 6 nitrogen and oxygen atoms in total. The van der Waals surface area contributed by atoms with Gasteiger partial charge in [-0.05, 0) is 55.2 Å². The number of carbonyl (C=O) groups is 3. The molecule has 0 bridgehead atoms. The summed E-state index contributed by atoms with van der Waals surface area (Å²) in [7, 11) is 1.52. The number of hydrogen-bond acceptors (Lipinski definition) is 3. The quantitative estimate of drug-likeness (QED) is 0.750. The van der Waals surface area contributed by atoms with Crippen LogP contribution in [0.4, 0.5) is 4.79 Å². The highest BCUT2D eigenvalue weighted by atomic mass is 16.2. The van der Waals surface area contributed by atoms with Crippen LogP contribution >= 0.6 is 0 Å². The van der Waals surface area contributed by atoms with Crippen molar-refractivity contribution >= 4 is 17.8 Å². The van der Waals surface area contributed by atoms with Crippen molar-refractivity contribution in [3.63, 3.8) is 0 Å². The van der Waals surface area contributed by atoms with Crippen molar-refractivity contribution in [3.05, 3.63) is 59.2 Å². The molecule has 2 aromatic carbocycles. The van der Waals surface area contributed by atoms with Gasteiger partial charge in [-0.2, -0.15) is 0 Å². The van der Waals surface area contributed by atoms with Gasteiger partial charge in [-0.3, -0.25) is 14.5 Å². The Morgan fingerprint density at radius 3 is 2.21 bits per heavy atom. The lowest BCUT2D eigenvalue weighted by atomic mass is 9.99. The Kier molecular flexibility index (Phi) is 4.45. The van der Waals surface area contributed by atoms with Crippen LogP contribution < -0.4 is 0 Å². The molecule has 0 radical (unpaired) electrons. The molecular weight excluding hydrogens is 366 g/mol. The number of imide groups is 1. The Hall–Kier alpha value is -3.15. The molecule has 0 atom stereocenters. The highest BCUT2D eigenvalue weighted by Crippen LogP contribution is 2.31. The van der Waals surface area contributed by atoms with E-state index in [2.05, 4.69) is 6.07 Å². The van der Waals surface area contributed by atoms with E-state index >= 15 is 0 Å². The maximum absolute atomic E-state index is 12.4. The Balaban J connectivity index is 1.55. The maximum atomic E-state index is 12.4. The molecular formula is C23H25N3O3. The van der Waals surface area contributed by atoms with Gasteiger partial charge in [0.05, 0.1) is 0 Å². The molecule has 2 aliphatic rings. The summed E-state index contributed by atoms with van der Waals surface area (Å²) in [5.41, 5.74) is 4.09. The average Bonchev–Trinajstić information content (AvgIpc) is 3.11. The highest BCUT2D eigenvalue weighted by molar-refractivity contribution is 6.06. The Morgan fingerprint density at radius 2 is 1.62 bits per heavy atom. The molecule has 0 unspecified atom stereocenters. The zero-order valence-corrected chi connectivity index (χ0v) is 17.2. The summed E-state index contributed by atoms with van der Waals surface area (Å²) in [6.45, 7) is 7.28. The van der Waals surface area contributed by atoms with Crippen molar-refractivity contribution in [2.24, 2.45) is 0 Å². The molecule has 2 aliphatic heterocycles. The zero-order valence-electron chi connectivity index (χ0n) is 17.2. The number of urea groups is 1. The third kappa shape index (κ3) is 2.99. The van der Waals surface area contributed by atoms with Gasteiger partial charge in [0.25, 0.3) is 11.8 Å². The largest absolute Gasteiger partial charge is 0.335 e. The van der Waals surface area contributed by atoms with Crippen LogP contribution in [0.3, 0.4) is 0 Å². The molecule has 6 heteroatoms. The average molecular weight is 391 g/mol. The third-order valence-corrected chi connectivity index (χ3v) is 6.01. The van der Waals surface area contributed by atoms with Crippen molar-refractivity contribution in [3.8, 4) is 11.1 Å². The molecule has 29 heavy (non-hydrogen) atoms. The predicted octanol–water partition coefficient (Wildman–Crippen LogP) is 3.50. The van der Waals surface area contributed by atoms with Crippen molar-refractivity contribution in [1.29, 1.82) is 0 Å². The Bertz CT molecular complexity index is 1010. The molecule has 150 valence electrons. The maximum Gasteiger partial charge on any atom is 0.327 e. The second-order valence-electron chi connectivity index (χ2n) is 8.18. The molecule has 4 amide bonds. The number of fused-ring (bicyclic) bond motifs is 1.